The van der Waals surface area contributed by atoms with Crippen molar-refractivity contribution in [3.63, 3.8) is 0 Å². The Kier molecular flexibility index (Phi) is 9.60. The van der Waals surface area contributed by atoms with Crippen molar-refractivity contribution in [3.8, 4) is 0 Å². The summed E-state index contributed by atoms with van der Waals surface area (Å²) in [6, 6.07) is 7.85. The van der Waals surface area contributed by atoms with E-state index in [1.807, 2.05) is 0 Å². The van der Waals surface area contributed by atoms with E-state index in [1.165, 1.54) is 0 Å². The molecular weight excluding hydrogens is 257 g/mol. The summed E-state index contributed by atoms with van der Waals surface area (Å²) < 4.78 is 10.5. The van der Waals surface area contributed by atoms with Gasteiger partial charge in [0.25, 0.3) is 0 Å². The maximum Gasteiger partial charge on any atom is 1.00 e. The molecule has 0 amide bonds. The number of hydrogen-bond acceptors (Lipinski definition) is 3. The molecule has 0 atom stereocenters. The molecule has 1 aromatic rings. The first-order chi connectivity index (χ1) is 8.56. The minimum atomic E-state index is -0.208. The largest absolute Gasteiger partial charge is 1.00 e. The molecule has 0 aromatic heterocycles. The summed E-state index contributed by atoms with van der Waals surface area (Å²) in [5, 5.41) is 0.654. The average molecular weight is 276 g/mol. The van der Waals surface area contributed by atoms with Crippen LogP contribution in [0.15, 0.2) is 18.2 Å². The van der Waals surface area contributed by atoms with E-state index < -0.39 is 0 Å². The monoisotopic (exact) mass is 275 g/mol. The second-order valence-electron chi connectivity index (χ2n) is 4.11. The molecule has 2 N–H and O–H groups in total. The quantitative estimate of drug-likeness (QED) is 0.468. The molecule has 1 heterocycles. The minimum Gasteiger partial charge on any atom is -0.439 e. The van der Waals surface area contributed by atoms with Crippen molar-refractivity contribution in [3.05, 3.63) is 43.1 Å². The number of ether oxygens (including phenoxy) is 2. The van der Waals surface area contributed by atoms with Crippen LogP contribution < -0.4 is 24.6 Å². The predicted molar refractivity (Wildman–Crippen MR) is 74.2 cm³/mol. The first-order valence-corrected chi connectivity index (χ1v) is 6.22. The van der Waals surface area contributed by atoms with Crippen LogP contribution in [0.25, 0.3) is 0 Å². The van der Waals surface area contributed by atoms with E-state index in [-0.39, 0.29) is 24.5 Å². The molecule has 1 aliphatic rings. The number of nitrogens with two attached hydrogens (primary N) is 1. The van der Waals surface area contributed by atoms with Crippen LogP contribution in [0.3, 0.4) is 0 Å². The zero-order valence-electron chi connectivity index (χ0n) is 11.5. The molecule has 19 heavy (non-hydrogen) atoms. The van der Waals surface area contributed by atoms with E-state index in [0.29, 0.717) is 17.3 Å². The Morgan fingerprint density at radius 2 is 2.11 bits per heavy atom. The fraction of sp³-hybridized carbons (Fsp3) is 0.429. The second-order valence-corrected chi connectivity index (χ2v) is 4.54. The fourth-order valence-electron chi connectivity index (χ4n) is 1.56. The zero-order chi connectivity index (χ0) is 13.4. The molecule has 0 spiro atoms. The van der Waals surface area contributed by atoms with Gasteiger partial charge in [-0.2, -0.15) is 18.2 Å². The number of rotatable bonds is 2. The van der Waals surface area contributed by atoms with Gasteiger partial charge in [-0.05, 0) is 12.8 Å². The van der Waals surface area contributed by atoms with Crippen molar-refractivity contribution in [2.75, 3.05) is 25.6 Å². The van der Waals surface area contributed by atoms with Crippen molar-refractivity contribution >= 4 is 17.3 Å². The molecule has 102 valence electrons. The predicted octanol–water partition coefficient (Wildman–Crippen LogP) is -0.0532. The van der Waals surface area contributed by atoms with Crippen molar-refractivity contribution in [1.29, 1.82) is 0 Å². The number of halogens is 1. The molecule has 1 saturated heterocycles. The summed E-state index contributed by atoms with van der Waals surface area (Å²) in [6.07, 6.45) is 1.78. The Bertz CT molecular complexity index is 334. The molecule has 0 saturated carbocycles. The van der Waals surface area contributed by atoms with Gasteiger partial charge in [0, 0.05) is 13.2 Å². The topological polar surface area (TPSA) is 44.5 Å². The Morgan fingerprint density at radius 1 is 1.47 bits per heavy atom. The van der Waals surface area contributed by atoms with Crippen LogP contribution in [-0.2, 0) is 9.47 Å². The summed E-state index contributed by atoms with van der Waals surface area (Å²) in [5.41, 5.74) is 5.69. The first-order valence-electron chi connectivity index (χ1n) is 5.85. The number of anilines is 1. The van der Waals surface area contributed by atoms with Gasteiger partial charge in [-0.15, -0.1) is 17.7 Å². The van der Waals surface area contributed by atoms with Gasteiger partial charge >= 0.3 is 18.9 Å². The van der Waals surface area contributed by atoms with Crippen LogP contribution >= 0.6 is 11.6 Å². The van der Waals surface area contributed by atoms with Crippen LogP contribution in [0.5, 0.6) is 0 Å². The third kappa shape index (κ3) is 7.87. The summed E-state index contributed by atoms with van der Waals surface area (Å²) in [5.74, 6) is 0. The molecule has 0 radical (unpaired) electrons. The first kappa shape index (κ1) is 18.8. The molecule has 0 unspecified atom stereocenters. The van der Waals surface area contributed by atoms with E-state index in [4.69, 9.17) is 26.8 Å². The maximum atomic E-state index is 5.54. The Hall–Kier alpha value is -0.173. The smallest absolute Gasteiger partial charge is 0.439 e. The standard InChI is InChI=1S/C8H14O2.C6H5ClN.Li/c1-3-10-8(2)4-6-9-7-5-8;7-5-2-1-3-6(8)4-5;/h1-7H2;1-2,4H,8H2;/q-2;-1;+1. The number of benzene rings is 1. The summed E-state index contributed by atoms with van der Waals surface area (Å²) in [4.78, 5) is 0. The van der Waals surface area contributed by atoms with Gasteiger partial charge in [0.15, 0.2) is 0 Å². The van der Waals surface area contributed by atoms with Gasteiger partial charge in [0.05, 0.1) is 0 Å². The molecule has 3 nitrogen and oxygen atoms in total. The van der Waals surface area contributed by atoms with Crippen molar-refractivity contribution in [2.45, 2.75) is 18.4 Å². The van der Waals surface area contributed by atoms with E-state index in [0.717, 1.165) is 26.1 Å². The van der Waals surface area contributed by atoms with E-state index in [2.05, 4.69) is 19.9 Å². The molecule has 1 aromatic carbocycles. The molecule has 1 aliphatic heterocycles. The van der Waals surface area contributed by atoms with Gasteiger partial charge in [-0.25, -0.2) is 0 Å². The molecule has 2 rings (SSSR count). The Morgan fingerprint density at radius 3 is 2.53 bits per heavy atom. The van der Waals surface area contributed by atoms with Crippen LogP contribution in [0.4, 0.5) is 5.69 Å². The molecular formula is C14H19ClLiNO2-2. The molecule has 1 fully saturated rings. The second kappa shape index (κ2) is 9.69. The van der Waals surface area contributed by atoms with Crippen LogP contribution in [-0.4, -0.2) is 25.4 Å². The van der Waals surface area contributed by atoms with Gasteiger partial charge in [0.1, 0.15) is 0 Å². The van der Waals surface area contributed by atoms with Gasteiger partial charge in [-0.1, -0.05) is 22.9 Å². The molecule has 0 aliphatic carbocycles. The molecule has 0 bridgehead atoms. The third-order valence-electron chi connectivity index (χ3n) is 2.60. The van der Waals surface area contributed by atoms with Gasteiger partial charge in [-0.3, -0.25) is 0 Å². The van der Waals surface area contributed by atoms with E-state index in [9.17, 15) is 0 Å². The Balaban J connectivity index is 0.000000331. The zero-order valence-corrected chi connectivity index (χ0v) is 12.2. The summed E-state index contributed by atoms with van der Waals surface area (Å²) in [6.45, 7) is 9.64. The van der Waals surface area contributed by atoms with Crippen LogP contribution in [0.1, 0.15) is 12.8 Å². The SMILES string of the molecule is Nc1[c-]ccc(Cl)c1.[CH2-]COC1([CH2-])CCOCC1.[Li+]. The van der Waals surface area contributed by atoms with Crippen molar-refractivity contribution < 1.29 is 28.3 Å². The van der Waals surface area contributed by atoms with Crippen LogP contribution in [0, 0.1) is 19.9 Å². The normalized spacial score (nSPS) is 16.8. The van der Waals surface area contributed by atoms with Crippen molar-refractivity contribution in [1.82, 2.24) is 0 Å². The van der Waals surface area contributed by atoms with E-state index >= 15 is 0 Å². The van der Waals surface area contributed by atoms with Crippen LogP contribution in [0.2, 0.25) is 5.02 Å². The van der Waals surface area contributed by atoms with Gasteiger partial charge in [0.2, 0.25) is 0 Å². The fourth-order valence-corrected chi connectivity index (χ4v) is 1.74. The van der Waals surface area contributed by atoms with Gasteiger partial charge < -0.3 is 29.1 Å². The number of hydrogen-bond donors (Lipinski definition) is 1. The average Bonchev–Trinajstić information content (AvgIpc) is 2.30. The van der Waals surface area contributed by atoms with E-state index in [1.54, 1.807) is 18.2 Å². The Labute approximate surface area is 133 Å². The summed E-state index contributed by atoms with van der Waals surface area (Å²) >= 11 is 5.54. The molecule has 5 heteroatoms. The number of nitrogen functional groups attached to an aromatic ring is 1. The summed E-state index contributed by atoms with van der Waals surface area (Å²) in [7, 11) is 0. The third-order valence-corrected chi connectivity index (χ3v) is 2.83. The van der Waals surface area contributed by atoms with Crippen molar-refractivity contribution in [2.24, 2.45) is 0 Å². The minimum absolute atomic E-state index is 0. The maximum absolute atomic E-state index is 5.54.